The summed E-state index contributed by atoms with van der Waals surface area (Å²) in [5.41, 5.74) is 5.09. The summed E-state index contributed by atoms with van der Waals surface area (Å²) in [6.07, 6.45) is 0. The molecule has 2 aromatic heterocycles. The number of benzene rings is 2. The normalized spacial score (nSPS) is 11.4. The van der Waals surface area contributed by atoms with Gasteiger partial charge in [0.15, 0.2) is 11.0 Å². The topological polar surface area (TPSA) is 81.4 Å². The van der Waals surface area contributed by atoms with Crippen LogP contribution in [0, 0.1) is 0 Å². The van der Waals surface area contributed by atoms with Crippen molar-refractivity contribution in [1.82, 2.24) is 20.2 Å². The molecule has 0 saturated heterocycles. The number of thioether (sulfide) groups is 1. The number of hydrogen-bond acceptors (Lipinski definition) is 7. The molecule has 0 spiro atoms. The summed E-state index contributed by atoms with van der Waals surface area (Å²) >= 11 is 8.92. The van der Waals surface area contributed by atoms with Crippen molar-refractivity contribution >= 4 is 46.3 Å². The molecule has 0 atom stereocenters. The zero-order chi connectivity index (χ0) is 23.9. The van der Waals surface area contributed by atoms with Crippen molar-refractivity contribution in [3.63, 3.8) is 0 Å². The SMILES string of the molecule is CCOc1ccc(-n2c(SCC(=O)N/N=C(/C)c3cccs3)nnc2-c2ccc(Cl)cc2)cc1. The molecule has 7 nitrogen and oxygen atoms in total. The minimum atomic E-state index is -0.227. The Morgan fingerprint density at radius 3 is 2.59 bits per heavy atom. The number of carbonyl (C=O) groups is 1. The van der Waals surface area contributed by atoms with Crippen LogP contribution in [0.5, 0.6) is 5.75 Å². The number of hydrazone groups is 1. The van der Waals surface area contributed by atoms with E-state index in [-0.39, 0.29) is 11.7 Å². The number of hydrogen-bond donors (Lipinski definition) is 1. The monoisotopic (exact) mass is 511 g/mol. The molecule has 10 heteroatoms. The van der Waals surface area contributed by atoms with Crippen LogP contribution in [0.15, 0.2) is 76.3 Å². The first-order chi connectivity index (χ1) is 16.5. The quantitative estimate of drug-likeness (QED) is 0.177. The molecule has 0 bridgehead atoms. The third-order valence-electron chi connectivity index (χ3n) is 4.70. The summed E-state index contributed by atoms with van der Waals surface area (Å²) in [6, 6.07) is 19.0. The van der Waals surface area contributed by atoms with E-state index < -0.39 is 0 Å². The van der Waals surface area contributed by atoms with Gasteiger partial charge in [-0.15, -0.1) is 21.5 Å². The molecule has 0 aliphatic rings. The molecule has 0 radical (unpaired) electrons. The van der Waals surface area contributed by atoms with Gasteiger partial charge in [-0.05, 0) is 73.8 Å². The summed E-state index contributed by atoms with van der Waals surface area (Å²) < 4.78 is 7.48. The number of ether oxygens (including phenoxy) is 1. The molecule has 0 aliphatic heterocycles. The van der Waals surface area contributed by atoms with Crippen LogP contribution in [0.4, 0.5) is 0 Å². The molecular formula is C24H22ClN5O2S2. The zero-order valence-corrected chi connectivity index (χ0v) is 21.0. The third-order valence-corrected chi connectivity index (χ3v) is 6.86. The highest BCUT2D eigenvalue weighted by molar-refractivity contribution is 7.99. The van der Waals surface area contributed by atoms with E-state index in [2.05, 4.69) is 20.7 Å². The van der Waals surface area contributed by atoms with E-state index in [1.165, 1.54) is 11.8 Å². The first-order valence-electron chi connectivity index (χ1n) is 10.5. The van der Waals surface area contributed by atoms with Crippen LogP contribution >= 0.6 is 34.7 Å². The van der Waals surface area contributed by atoms with Gasteiger partial charge in [-0.2, -0.15) is 5.10 Å². The van der Waals surface area contributed by atoms with Crippen LogP contribution < -0.4 is 10.2 Å². The van der Waals surface area contributed by atoms with Gasteiger partial charge < -0.3 is 4.74 Å². The van der Waals surface area contributed by atoms with Gasteiger partial charge in [0, 0.05) is 21.2 Å². The van der Waals surface area contributed by atoms with Gasteiger partial charge in [0.05, 0.1) is 18.1 Å². The van der Waals surface area contributed by atoms with Crippen molar-refractivity contribution in [3.05, 3.63) is 75.9 Å². The van der Waals surface area contributed by atoms with E-state index >= 15 is 0 Å². The second kappa shape index (κ2) is 11.3. The predicted octanol–water partition coefficient (Wildman–Crippen LogP) is 5.68. The summed E-state index contributed by atoms with van der Waals surface area (Å²) in [5.74, 6) is 1.34. The first-order valence-corrected chi connectivity index (χ1v) is 12.7. The Morgan fingerprint density at radius 2 is 1.91 bits per heavy atom. The Balaban J connectivity index is 1.56. The van der Waals surface area contributed by atoms with Crippen molar-refractivity contribution in [2.75, 3.05) is 12.4 Å². The summed E-state index contributed by atoms with van der Waals surface area (Å²) in [4.78, 5) is 13.5. The highest BCUT2D eigenvalue weighted by Crippen LogP contribution is 2.29. The Morgan fingerprint density at radius 1 is 1.15 bits per heavy atom. The third kappa shape index (κ3) is 5.85. The van der Waals surface area contributed by atoms with Crippen LogP contribution in [0.25, 0.3) is 17.1 Å². The summed E-state index contributed by atoms with van der Waals surface area (Å²) in [5, 5.41) is 16.1. The Hall–Kier alpha value is -3.14. The molecule has 2 aromatic carbocycles. The number of halogens is 1. The maximum atomic E-state index is 12.4. The molecule has 0 unspecified atom stereocenters. The minimum absolute atomic E-state index is 0.136. The molecule has 0 aliphatic carbocycles. The van der Waals surface area contributed by atoms with Gasteiger partial charge in [-0.1, -0.05) is 29.4 Å². The molecule has 0 saturated carbocycles. The second-order valence-electron chi connectivity index (χ2n) is 7.07. The van der Waals surface area contributed by atoms with Gasteiger partial charge in [-0.25, -0.2) is 5.43 Å². The number of nitrogens with one attached hydrogen (secondary N) is 1. The first kappa shape index (κ1) is 24.0. The lowest BCUT2D eigenvalue weighted by atomic mass is 10.2. The molecule has 2 heterocycles. The van der Waals surface area contributed by atoms with Gasteiger partial charge >= 0.3 is 0 Å². The van der Waals surface area contributed by atoms with E-state index in [0.717, 1.165) is 27.6 Å². The number of carbonyl (C=O) groups excluding carboxylic acids is 1. The van der Waals surface area contributed by atoms with E-state index in [1.807, 2.05) is 84.5 Å². The largest absolute Gasteiger partial charge is 0.494 e. The van der Waals surface area contributed by atoms with E-state index in [9.17, 15) is 4.79 Å². The van der Waals surface area contributed by atoms with Crippen LogP contribution in [0.2, 0.25) is 5.02 Å². The van der Waals surface area contributed by atoms with Gasteiger partial charge in [0.2, 0.25) is 0 Å². The van der Waals surface area contributed by atoms with E-state index in [0.29, 0.717) is 22.6 Å². The average molecular weight is 512 g/mol. The highest BCUT2D eigenvalue weighted by Gasteiger charge is 2.17. The lowest BCUT2D eigenvalue weighted by Gasteiger charge is -2.11. The molecule has 174 valence electrons. The van der Waals surface area contributed by atoms with Crippen LogP contribution in [0.1, 0.15) is 18.7 Å². The van der Waals surface area contributed by atoms with Crippen molar-refractivity contribution in [2.45, 2.75) is 19.0 Å². The number of rotatable bonds is 9. The van der Waals surface area contributed by atoms with Crippen LogP contribution in [0.3, 0.4) is 0 Å². The average Bonchev–Trinajstić information content (AvgIpc) is 3.53. The maximum Gasteiger partial charge on any atom is 0.250 e. The Kier molecular flexibility index (Phi) is 7.99. The summed E-state index contributed by atoms with van der Waals surface area (Å²) in [6.45, 7) is 4.39. The fourth-order valence-corrected chi connectivity index (χ4v) is 4.64. The molecule has 4 rings (SSSR count). The number of aromatic nitrogens is 3. The van der Waals surface area contributed by atoms with Crippen molar-refractivity contribution < 1.29 is 9.53 Å². The zero-order valence-electron chi connectivity index (χ0n) is 18.6. The standard InChI is InChI=1S/C24H22ClN5O2S2/c1-3-32-20-12-10-19(11-13-20)30-23(17-6-8-18(25)9-7-17)28-29-24(30)34-15-22(31)27-26-16(2)21-5-4-14-33-21/h4-14H,3,15H2,1-2H3,(H,27,31)/b26-16-. The highest BCUT2D eigenvalue weighted by atomic mass is 35.5. The molecular weight excluding hydrogens is 490 g/mol. The number of thiophene rings is 1. The van der Waals surface area contributed by atoms with Gasteiger partial charge in [0.1, 0.15) is 5.75 Å². The Bertz CT molecular complexity index is 1270. The Labute approximate surface area is 210 Å². The van der Waals surface area contributed by atoms with Crippen molar-refractivity contribution in [1.29, 1.82) is 0 Å². The van der Waals surface area contributed by atoms with Gasteiger partial charge in [-0.3, -0.25) is 9.36 Å². The molecule has 1 amide bonds. The maximum absolute atomic E-state index is 12.4. The van der Waals surface area contributed by atoms with E-state index in [4.69, 9.17) is 16.3 Å². The fraction of sp³-hybridized carbons (Fsp3) is 0.167. The van der Waals surface area contributed by atoms with Crippen LogP contribution in [-0.2, 0) is 4.79 Å². The molecule has 34 heavy (non-hydrogen) atoms. The molecule has 1 N–H and O–H groups in total. The smallest absolute Gasteiger partial charge is 0.250 e. The second-order valence-corrected chi connectivity index (χ2v) is 9.40. The van der Waals surface area contributed by atoms with Gasteiger partial charge in [0.25, 0.3) is 5.91 Å². The number of amides is 1. The lowest BCUT2D eigenvalue weighted by molar-refractivity contribution is -0.118. The number of nitrogens with zero attached hydrogens (tertiary/aromatic N) is 4. The lowest BCUT2D eigenvalue weighted by Crippen LogP contribution is -2.21. The van der Waals surface area contributed by atoms with E-state index in [1.54, 1.807) is 11.3 Å². The predicted molar refractivity (Wildman–Crippen MR) is 138 cm³/mol. The van der Waals surface area contributed by atoms with Crippen molar-refractivity contribution in [3.8, 4) is 22.8 Å². The minimum Gasteiger partial charge on any atom is -0.494 e. The molecule has 0 fully saturated rings. The fourth-order valence-electron chi connectivity index (χ4n) is 3.09. The molecule has 4 aromatic rings. The van der Waals surface area contributed by atoms with Crippen LogP contribution in [-0.4, -0.2) is 38.7 Å². The summed E-state index contributed by atoms with van der Waals surface area (Å²) in [7, 11) is 0. The van der Waals surface area contributed by atoms with Crippen molar-refractivity contribution in [2.24, 2.45) is 5.10 Å².